The summed E-state index contributed by atoms with van der Waals surface area (Å²) in [6.07, 6.45) is 2.21. The van der Waals surface area contributed by atoms with Crippen LogP contribution in [0.25, 0.3) is 0 Å². The Kier molecular flexibility index (Phi) is 4.44. The van der Waals surface area contributed by atoms with Crippen LogP contribution in [0.1, 0.15) is 23.2 Å². The second-order valence-electron chi connectivity index (χ2n) is 4.19. The van der Waals surface area contributed by atoms with Crippen molar-refractivity contribution in [1.29, 1.82) is 0 Å². The van der Waals surface area contributed by atoms with Crippen molar-refractivity contribution in [3.8, 4) is 5.75 Å². The predicted molar refractivity (Wildman–Crippen MR) is 69.3 cm³/mol. The lowest BCUT2D eigenvalue weighted by molar-refractivity contribution is 0.0858. The molecular formula is C13H16ClNO3. The molecule has 0 unspecified atom stereocenters. The highest BCUT2D eigenvalue weighted by atomic mass is 35.5. The summed E-state index contributed by atoms with van der Waals surface area (Å²) >= 11 is 5.97. The van der Waals surface area contributed by atoms with E-state index in [1.165, 1.54) is 0 Å². The summed E-state index contributed by atoms with van der Waals surface area (Å²) in [5, 5.41) is 3.27. The van der Waals surface area contributed by atoms with Crippen molar-refractivity contribution in [3.05, 3.63) is 28.8 Å². The van der Waals surface area contributed by atoms with Gasteiger partial charge in [0.2, 0.25) is 0 Å². The number of carbonyl (C=O) groups excluding carboxylic acids is 1. The number of rotatable bonds is 4. The van der Waals surface area contributed by atoms with Gasteiger partial charge in [0.15, 0.2) is 0 Å². The number of carbonyl (C=O) groups is 1. The monoisotopic (exact) mass is 269 g/mol. The van der Waals surface area contributed by atoms with Gasteiger partial charge in [-0.25, -0.2) is 0 Å². The molecular weight excluding hydrogens is 254 g/mol. The van der Waals surface area contributed by atoms with Gasteiger partial charge >= 0.3 is 0 Å². The molecule has 4 nitrogen and oxygen atoms in total. The molecule has 18 heavy (non-hydrogen) atoms. The highest BCUT2D eigenvalue weighted by molar-refractivity contribution is 6.32. The van der Waals surface area contributed by atoms with E-state index < -0.39 is 0 Å². The summed E-state index contributed by atoms with van der Waals surface area (Å²) in [6.45, 7) is 1.33. The third-order valence-corrected chi connectivity index (χ3v) is 3.22. The van der Waals surface area contributed by atoms with Crippen LogP contribution in [0, 0.1) is 0 Å². The molecule has 5 heteroatoms. The number of methoxy groups -OCH3 is 1. The maximum Gasteiger partial charge on any atom is 0.251 e. The molecule has 0 saturated carbocycles. The van der Waals surface area contributed by atoms with Crippen molar-refractivity contribution in [2.75, 3.05) is 20.3 Å². The van der Waals surface area contributed by atoms with E-state index >= 15 is 0 Å². The van der Waals surface area contributed by atoms with Gasteiger partial charge in [0.25, 0.3) is 5.91 Å². The van der Waals surface area contributed by atoms with E-state index in [-0.39, 0.29) is 12.0 Å². The summed E-state index contributed by atoms with van der Waals surface area (Å²) in [5.41, 5.74) is 0.527. The summed E-state index contributed by atoms with van der Waals surface area (Å²) in [6, 6.07) is 4.98. The van der Waals surface area contributed by atoms with Crippen LogP contribution in [0.5, 0.6) is 5.75 Å². The molecule has 1 aromatic rings. The maximum absolute atomic E-state index is 11.9. The fourth-order valence-electron chi connectivity index (χ4n) is 1.92. The fourth-order valence-corrected chi connectivity index (χ4v) is 2.18. The summed E-state index contributed by atoms with van der Waals surface area (Å²) in [5.74, 6) is 0.419. The molecule has 0 spiro atoms. The second kappa shape index (κ2) is 6.07. The van der Waals surface area contributed by atoms with E-state index in [9.17, 15) is 4.79 Å². The van der Waals surface area contributed by atoms with Gasteiger partial charge in [0.05, 0.1) is 18.2 Å². The SMILES string of the molecule is COc1ccc(C(=O)NC[C@@H]2CCCO2)cc1Cl. The second-order valence-corrected chi connectivity index (χ2v) is 4.60. The number of hydrogen-bond donors (Lipinski definition) is 1. The zero-order valence-corrected chi connectivity index (χ0v) is 11.0. The van der Waals surface area contributed by atoms with Gasteiger partial charge in [-0.1, -0.05) is 11.6 Å². The molecule has 0 aromatic heterocycles. The Morgan fingerprint density at radius 1 is 1.61 bits per heavy atom. The van der Waals surface area contributed by atoms with Gasteiger partial charge in [-0.15, -0.1) is 0 Å². The van der Waals surface area contributed by atoms with Gasteiger partial charge in [-0.3, -0.25) is 4.79 Å². The van der Waals surface area contributed by atoms with E-state index in [1.54, 1.807) is 25.3 Å². The molecule has 1 aromatic carbocycles. The van der Waals surface area contributed by atoms with E-state index in [2.05, 4.69) is 5.32 Å². The lowest BCUT2D eigenvalue weighted by atomic mass is 10.2. The van der Waals surface area contributed by atoms with Crippen molar-refractivity contribution in [2.24, 2.45) is 0 Å². The van der Waals surface area contributed by atoms with Gasteiger partial charge in [0.1, 0.15) is 5.75 Å². The predicted octanol–water partition coefficient (Wildman–Crippen LogP) is 2.26. The van der Waals surface area contributed by atoms with Crippen molar-refractivity contribution in [1.82, 2.24) is 5.32 Å². The van der Waals surface area contributed by atoms with Gasteiger partial charge in [-0.05, 0) is 31.0 Å². The first kappa shape index (κ1) is 13.2. The van der Waals surface area contributed by atoms with Crippen LogP contribution in [-0.4, -0.2) is 32.3 Å². The van der Waals surface area contributed by atoms with Crippen molar-refractivity contribution < 1.29 is 14.3 Å². The number of hydrogen-bond acceptors (Lipinski definition) is 3. The summed E-state index contributed by atoms with van der Waals surface area (Å²) in [4.78, 5) is 11.9. The Hall–Kier alpha value is -1.26. The van der Waals surface area contributed by atoms with Crippen LogP contribution in [0.3, 0.4) is 0 Å². The lowest BCUT2D eigenvalue weighted by Crippen LogP contribution is -2.31. The van der Waals surface area contributed by atoms with Crippen LogP contribution in [-0.2, 0) is 4.74 Å². The average molecular weight is 270 g/mol. The minimum absolute atomic E-state index is 0.141. The molecule has 1 aliphatic heterocycles. The van der Waals surface area contributed by atoms with Gasteiger partial charge in [-0.2, -0.15) is 0 Å². The number of amides is 1. The Labute approximate surface area is 111 Å². The lowest BCUT2D eigenvalue weighted by Gasteiger charge is -2.11. The molecule has 0 aliphatic carbocycles. The topological polar surface area (TPSA) is 47.6 Å². The first-order valence-corrected chi connectivity index (χ1v) is 6.32. The molecule has 1 aliphatic rings. The van der Waals surface area contributed by atoms with Gasteiger partial charge in [0, 0.05) is 18.7 Å². The standard InChI is InChI=1S/C13H16ClNO3/c1-17-12-5-4-9(7-11(12)14)13(16)15-8-10-3-2-6-18-10/h4-5,7,10H,2-3,6,8H2,1H3,(H,15,16)/t10-/m0/s1. The molecule has 0 radical (unpaired) electrons. The van der Waals surface area contributed by atoms with E-state index in [0.717, 1.165) is 19.4 Å². The van der Waals surface area contributed by atoms with Crippen LogP contribution in [0.15, 0.2) is 18.2 Å². The normalized spacial score (nSPS) is 18.7. The molecule has 0 bridgehead atoms. The van der Waals surface area contributed by atoms with E-state index in [0.29, 0.717) is 22.9 Å². The van der Waals surface area contributed by atoms with Gasteiger partial charge < -0.3 is 14.8 Å². The highest BCUT2D eigenvalue weighted by Gasteiger charge is 2.17. The quantitative estimate of drug-likeness (QED) is 0.912. The number of ether oxygens (including phenoxy) is 2. The third kappa shape index (κ3) is 3.15. The molecule has 1 atom stereocenters. The van der Waals surface area contributed by atoms with Crippen LogP contribution < -0.4 is 10.1 Å². The smallest absolute Gasteiger partial charge is 0.251 e. The minimum atomic E-state index is -0.143. The molecule has 1 amide bonds. The number of nitrogens with one attached hydrogen (secondary N) is 1. The maximum atomic E-state index is 11.9. The third-order valence-electron chi connectivity index (χ3n) is 2.93. The Morgan fingerprint density at radius 3 is 3.06 bits per heavy atom. The molecule has 1 saturated heterocycles. The van der Waals surface area contributed by atoms with Crippen molar-refractivity contribution in [2.45, 2.75) is 18.9 Å². The molecule has 98 valence electrons. The Balaban J connectivity index is 1.93. The summed E-state index contributed by atoms with van der Waals surface area (Å²) < 4.78 is 10.5. The average Bonchev–Trinajstić information content (AvgIpc) is 2.89. The minimum Gasteiger partial charge on any atom is -0.495 e. The number of halogens is 1. The Bertz CT molecular complexity index is 430. The molecule has 1 N–H and O–H groups in total. The van der Waals surface area contributed by atoms with E-state index in [4.69, 9.17) is 21.1 Å². The molecule has 1 fully saturated rings. The van der Waals surface area contributed by atoms with E-state index in [1.807, 2.05) is 0 Å². The number of benzene rings is 1. The Morgan fingerprint density at radius 2 is 2.44 bits per heavy atom. The molecule has 2 rings (SSSR count). The van der Waals surface area contributed by atoms with Crippen LogP contribution in [0.2, 0.25) is 5.02 Å². The highest BCUT2D eigenvalue weighted by Crippen LogP contribution is 2.24. The van der Waals surface area contributed by atoms with Crippen molar-refractivity contribution in [3.63, 3.8) is 0 Å². The first-order chi connectivity index (χ1) is 8.70. The molecule has 1 heterocycles. The van der Waals surface area contributed by atoms with Crippen molar-refractivity contribution >= 4 is 17.5 Å². The summed E-state index contributed by atoms with van der Waals surface area (Å²) in [7, 11) is 1.54. The fraction of sp³-hybridized carbons (Fsp3) is 0.462. The first-order valence-electron chi connectivity index (χ1n) is 5.94. The van der Waals surface area contributed by atoms with Crippen LogP contribution in [0.4, 0.5) is 0 Å². The largest absolute Gasteiger partial charge is 0.495 e. The zero-order valence-electron chi connectivity index (χ0n) is 10.2. The van der Waals surface area contributed by atoms with Crippen LogP contribution >= 0.6 is 11.6 Å². The zero-order chi connectivity index (χ0) is 13.0.